The van der Waals surface area contributed by atoms with Crippen molar-refractivity contribution >= 4 is 5.71 Å². The zero-order chi connectivity index (χ0) is 17.5. The predicted molar refractivity (Wildman–Crippen MR) is 81.2 cm³/mol. The molecular weight excluding hydrogens is 339 g/mol. The van der Waals surface area contributed by atoms with Crippen molar-refractivity contribution in [3.8, 4) is 5.75 Å². The summed E-state index contributed by atoms with van der Waals surface area (Å²) in [5.74, 6) is -0.748. The fourth-order valence-corrected chi connectivity index (χ4v) is 3.69. The lowest BCUT2D eigenvalue weighted by molar-refractivity contribution is -0.274. The van der Waals surface area contributed by atoms with E-state index in [4.69, 9.17) is 14.3 Å². The summed E-state index contributed by atoms with van der Waals surface area (Å²) < 4.78 is 52.6. The molecular formula is C17H18F3NO4. The number of nitrogens with zero attached hydrogens (tertiary/aromatic N) is 1. The number of rotatable bonds is 2. The smallest absolute Gasteiger partial charge is 0.406 e. The van der Waals surface area contributed by atoms with E-state index in [1.807, 2.05) is 0 Å². The number of alkyl halides is 3. The van der Waals surface area contributed by atoms with Crippen molar-refractivity contribution in [3.63, 3.8) is 0 Å². The Kier molecular flexibility index (Phi) is 3.92. The van der Waals surface area contributed by atoms with Gasteiger partial charge in [-0.15, -0.1) is 13.2 Å². The second-order valence-corrected chi connectivity index (χ2v) is 6.67. The van der Waals surface area contributed by atoms with Crippen molar-refractivity contribution in [2.45, 2.75) is 49.9 Å². The summed E-state index contributed by atoms with van der Waals surface area (Å²) in [5.41, 5.74) is 0.792. The van der Waals surface area contributed by atoms with E-state index in [1.165, 1.54) is 18.2 Å². The Balaban J connectivity index is 1.43. The molecule has 1 aliphatic carbocycles. The zero-order valence-electron chi connectivity index (χ0n) is 13.5. The fraction of sp³-hybridized carbons (Fsp3) is 0.588. The van der Waals surface area contributed by atoms with E-state index in [9.17, 15) is 13.2 Å². The van der Waals surface area contributed by atoms with Crippen LogP contribution >= 0.6 is 0 Å². The molecule has 0 bridgehead atoms. The Labute approximate surface area is 142 Å². The van der Waals surface area contributed by atoms with Crippen LogP contribution in [0.2, 0.25) is 0 Å². The van der Waals surface area contributed by atoms with E-state index in [0.29, 0.717) is 30.9 Å². The van der Waals surface area contributed by atoms with Gasteiger partial charge in [0.25, 0.3) is 0 Å². The Morgan fingerprint density at radius 1 is 1.04 bits per heavy atom. The molecule has 136 valence electrons. The largest absolute Gasteiger partial charge is 0.573 e. The number of ether oxygens (including phenoxy) is 3. The van der Waals surface area contributed by atoms with Gasteiger partial charge < -0.3 is 19.0 Å². The summed E-state index contributed by atoms with van der Waals surface area (Å²) in [4.78, 5) is 5.71. The molecule has 1 aromatic rings. The van der Waals surface area contributed by atoms with E-state index in [-0.39, 0.29) is 5.75 Å². The first-order chi connectivity index (χ1) is 11.9. The third kappa shape index (κ3) is 3.46. The molecule has 0 amide bonds. The van der Waals surface area contributed by atoms with Crippen molar-refractivity contribution in [1.82, 2.24) is 0 Å². The molecule has 1 saturated carbocycles. The topological polar surface area (TPSA) is 49.3 Å². The van der Waals surface area contributed by atoms with Gasteiger partial charge >= 0.3 is 6.36 Å². The van der Waals surface area contributed by atoms with Gasteiger partial charge in [0.05, 0.1) is 18.9 Å². The van der Waals surface area contributed by atoms with Crippen molar-refractivity contribution in [2.24, 2.45) is 5.16 Å². The van der Waals surface area contributed by atoms with Gasteiger partial charge in [0.1, 0.15) is 11.4 Å². The van der Waals surface area contributed by atoms with Crippen molar-refractivity contribution in [1.29, 1.82) is 0 Å². The first-order valence-corrected chi connectivity index (χ1v) is 8.26. The van der Waals surface area contributed by atoms with Crippen LogP contribution in [0, 0.1) is 0 Å². The molecule has 1 saturated heterocycles. The van der Waals surface area contributed by atoms with Crippen molar-refractivity contribution in [3.05, 3.63) is 29.8 Å². The molecule has 4 rings (SSSR count). The van der Waals surface area contributed by atoms with Gasteiger partial charge in [-0.3, -0.25) is 0 Å². The minimum atomic E-state index is -4.72. The average molecular weight is 357 g/mol. The van der Waals surface area contributed by atoms with Gasteiger partial charge in [0.2, 0.25) is 0 Å². The van der Waals surface area contributed by atoms with Gasteiger partial charge in [0, 0.05) is 24.8 Å². The molecule has 0 atom stereocenters. The molecule has 3 aliphatic rings. The summed E-state index contributed by atoms with van der Waals surface area (Å²) in [6.07, 6.45) is -1.23. The maximum Gasteiger partial charge on any atom is 0.573 e. The van der Waals surface area contributed by atoms with E-state index < -0.39 is 17.8 Å². The quantitative estimate of drug-likeness (QED) is 0.809. The van der Waals surface area contributed by atoms with Crippen LogP contribution < -0.4 is 4.74 Å². The third-order valence-corrected chi connectivity index (χ3v) is 4.98. The number of benzene rings is 1. The molecule has 0 radical (unpaired) electrons. The highest BCUT2D eigenvalue weighted by atomic mass is 19.4. The molecule has 0 aromatic heterocycles. The van der Waals surface area contributed by atoms with Gasteiger partial charge in [0.15, 0.2) is 5.79 Å². The lowest BCUT2D eigenvalue weighted by Crippen LogP contribution is -2.43. The fourth-order valence-electron chi connectivity index (χ4n) is 3.69. The molecule has 1 aromatic carbocycles. The van der Waals surface area contributed by atoms with Crippen LogP contribution in [-0.4, -0.2) is 36.7 Å². The zero-order valence-corrected chi connectivity index (χ0v) is 13.5. The summed E-state index contributed by atoms with van der Waals surface area (Å²) in [7, 11) is 0. The molecule has 2 spiro atoms. The number of oxime groups is 1. The third-order valence-electron chi connectivity index (χ3n) is 4.98. The maximum absolute atomic E-state index is 12.4. The van der Waals surface area contributed by atoms with Crippen LogP contribution in [0.25, 0.3) is 0 Å². The summed E-state index contributed by atoms with van der Waals surface area (Å²) in [6, 6.07) is 5.82. The highest BCUT2D eigenvalue weighted by Gasteiger charge is 2.50. The standard InChI is InChI=1S/C17H18F3NO4/c18-17(19,20)24-13-3-1-2-12(10-13)14-11-15(25-21-14)4-6-16(7-5-15)22-8-9-23-16/h1-3,10H,4-9,11H2. The number of hydrogen-bond acceptors (Lipinski definition) is 5. The lowest BCUT2D eigenvalue weighted by atomic mass is 9.78. The van der Waals surface area contributed by atoms with Crippen LogP contribution in [-0.2, 0) is 14.3 Å². The molecule has 0 N–H and O–H groups in total. The molecule has 8 heteroatoms. The summed E-state index contributed by atoms with van der Waals surface area (Å²) >= 11 is 0. The van der Waals surface area contributed by atoms with Crippen LogP contribution in [0.15, 0.2) is 29.4 Å². The summed E-state index contributed by atoms with van der Waals surface area (Å²) in [6.45, 7) is 1.23. The minimum absolute atomic E-state index is 0.260. The van der Waals surface area contributed by atoms with Gasteiger partial charge in [-0.2, -0.15) is 0 Å². The van der Waals surface area contributed by atoms with Crippen LogP contribution in [0.1, 0.15) is 37.7 Å². The monoisotopic (exact) mass is 357 g/mol. The van der Waals surface area contributed by atoms with E-state index in [0.717, 1.165) is 25.7 Å². The van der Waals surface area contributed by atoms with Crippen molar-refractivity contribution in [2.75, 3.05) is 13.2 Å². The molecule has 25 heavy (non-hydrogen) atoms. The Morgan fingerprint density at radius 3 is 2.44 bits per heavy atom. The minimum Gasteiger partial charge on any atom is -0.406 e. The first kappa shape index (κ1) is 16.7. The first-order valence-electron chi connectivity index (χ1n) is 8.26. The second-order valence-electron chi connectivity index (χ2n) is 6.67. The van der Waals surface area contributed by atoms with E-state index >= 15 is 0 Å². The average Bonchev–Trinajstić information content (AvgIpc) is 3.17. The summed E-state index contributed by atoms with van der Waals surface area (Å²) in [5, 5.41) is 4.13. The van der Waals surface area contributed by atoms with E-state index in [2.05, 4.69) is 9.89 Å². The molecule has 2 heterocycles. The van der Waals surface area contributed by atoms with Crippen LogP contribution in [0.3, 0.4) is 0 Å². The number of hydrogen-bond donors (Lipinski definition) is 0. The SMILES string of the molecule is FC(F)(F)Oc1cccc(C2=NOC3(CCC4(CC3)OCCO4)C2)c1. The van der Waals surface area contributed by atoms with Crippen LogP contribution in [0.5, 0.6) is 5.75 Å². The van der Waals surface area contributed by atoms with Gasteiger partial charge in [-0.1, -0.05) is 17.3 Å². The predicted octanol–water partition coefficient (Wildman–Crippen LogP) is 3.77. The lowest BCUT2D eigenvalue weighted by Gasteiger charge is -2.39. The normalized spacial score (nSPS) is 24.4. The van der Waals surface area contributed by atoms with Gasteiger partial charge in [-0.05, 0) is 25.0 Å². The highest BCUT2D eigenvalue weighted by Crippen LogP contribution is 2.46. The molecule has 2 aliphatic heterocycles. The Hall–Kier alpha value is -1.80. The maximum atomic E-state index is 12.4. The molecule has 5 nitrogen and oxygen atoms in total. The second kappa shape index (κ2) is 5.88. The molecule has 0 unspecified atom stereocenters. The Morgan fingerprint density at radius 2 is 1.76 bits per heavy atom. The number of halogens is 3. The van der Waals surface area contributed by atoms with Gasteiger partial charge in [-0.25, -0.2) is 0 Å². The highest BCUT2D eigenvalue weighted by molar-refractivity contribution is 6.01. The molecule has 2 fully saturated rings. The van der Waals surface area contributed by atoms with Crippen LogP contribution in [0.4, 0.5) is 13.2 Å². The van der Waals surface area contributed by atoms with Crippen molar-refractivity contribution < 1.29 is 32.2 Å². The van der Waals surface area contributed by atoms with E-state index in [1.54, 1.807) is 6.07 Å². The Bertz CT molecular complexity index is 673.